The highest BCUT2D eigenvalue weighted by Gasteiger charge is 2.12. The first-order valence-electron chi connectivity index (χ1n) is 10.5. The molecule has 7 nitrogen and oxygen atoms in total. The first kappa shape index (κ1) is 28.3. The van der Waals surface area contributed by atoms with Gasteiger partial charge in [0.2, 0.25) is 10.0 Å². The van der Waals surface area contributed by atoms with Gasteiger partial charge in [-0.25, -0.2) is 18.1 Å². The van der Waals surface area contributed by atoms with Gasteiger partial charge in [0, 0.05) is 26.7 Å². The molecule has 0 saturated heterocycles. The molecule has 0 aliphatic carbocycles. The summed E-state index contributed by atoms with van der Waals surface area (Å²) in [6.45, 7) is 8.82. The standard InChI is InChI=1S/C23H34N4O3S.HI/c1-5-24-23(25-11-10-21-15-18(2)14-19(3)16-21)26-17-20-6-8-22(9-7-20)31(28,29)27-12-13-30-4;/h6-9,14-16,27H,5,10-13,17H2,1-4H3,(H2,24,25,26);1H. The van der Waals surface area contributed by atoms with Crippen LogP contribution in [0.5, 0.6) is 0 Å². The van der Waals surface area contributed by atoms with Gasteiger partial charge >= 0.3 is 0 Å². The van der Waals surface area contributed by atoms with Crippen LogP contribution in [-0.4, -0.2) is 47.7 Å². The fourth-order valence-corrected chi connectivity index (χ4v) is 4.20. The number of nitrogens with one attached hydrogen (secondary N) is 3. The summed E-state index contributed by atoms with van der Waals surface area (Å²) in [5.74, 6) is 0.741. The monoisotopic (exact) mass is 574 g/mol. The number of hydrogen-bond donors (Lipinski definition) is 3. The predicted octanol–water partition coefficient (Wildman–Crippen LogP) is 3.14. The van der Waals surface area contributed by atoms with Crippen LogP contribution >= 0.6 is 24.0 Å². The Morgan fingerprint density at radius 1 is 0.969 bits per heavy atom. The molecular weight excluding hydrogens is 539 g/mol. The van der Waals surface area contributed by atoms with E-state index in [0.29, 0.717) is 13.2 Å². The molecular formula is C23H35IN4O3S. The molecule has 0 fully saturated rings. The Morgan fingerprint density at radius 3 is 2.22 bits per heavy atom. The van der Waals surface area contributed by atoms with Crippen LogP contribution < -0.4 is 15.4 Å². The topological polar surface area (TPSA) is 91.8 Å². The lowest BCUT2D eigenvalue weighted by Gasteiger charge is -2.12. The number of nitrogens with zero attached hydrogens (tertiary/aromatic N) is 1. The average Bonchev–Trinajstić information content (AvgIpc) is 2.72. The highest BCUT2D eigenvalue weighted by molar-refractivity contribution is 14.0. The summed E-state index contributed by atoms with van der Waals surface area (Å²) in [6, 6.07) is 13.4. The van der Waals surface area contributed by atoms with Gasteiger partial charge in [-0.3, -0.25) is 0 Å². The number of hydrogen-bond acceptors (Lipinski definition) is 4. The molecule has 0 unspecified atom stereocenters. The molecule has 0 spiro atoms. The fraction of sp³-hybridized carbons (Fsp3) is 0.435. The van der Waals surface area contributed by atoms with E-state index in [1.54, 1.807) is 24.3 Å². The predicted molar refractivity (Wildman–Crippen MR) is 141 cm³/mol. The van der Waals surface area contributed by atoms with Gasteiger partial charge in [0.15, 0.2) is 5.96 Å². The van der Waals surface area contributed by atoms with E-state index in [9.17, 15) is 8.42 Å². The molecule has 0 radical (unpaired) electrons. The van der Waals surface area contributed by atoms with Crippen molar-refractivity contribution in [1.29, 1.82) is 0 Å². The van der Waals surface area contributed by atoms with Gasteiger partial charge in [-0.05, 0) is 50.5 Å². The molecule has 178 valence electrons. The maximum absolute atomic E-state index is 12.2. The summed E-state index contributed by atoms with van der Waals surface area (Å²) in [7, 11) is -1.99. The van der Waals surface area contributed by atoms with E-state index in [2.05, 4.69) is 52.4 Å². The van der Waals surface area contributed by atoms with Crippen molar-refractivity contribution in [3.63, 3.8) is 0 Å². The molecule has 32 heavy (non-hydrogen) atoms. The SMILES string of the molecule is CCNC(=NCc1ccc(S(=O)(=O)NCCOC)cc1)NCCc1cc(C)cc(C)c1.I. The smallest absolute Gasteiger partial charge is 0.240 e. The van der Waals surface area contributed by atoms with Crippen molar-refractivity contribution >= 4 is 40.0 Å². The van der Waals surface area contributed by atoms with E-state index in [1.807, 2.05) is 6.92 Å². The molecule has 0 bridgehead atoms. The van der Waals surface area contributed by atoms with E-state index >= 15 is 0 Å². The summed E-state index contributed by atoms with van der Waals surface area (Å²) < 4.78 is 31.8. The van der Waals surface area contributed by atoms with Crippen molar-refractivity contribution in [1.82, 2.24) is 15.4 Å². The Hall–Kier alpha value is -1.69. The number of benzene rings is 2. The zero-order chi connectivity index (χ0) is 22.7. The Labute approximate surface area is 209 Å². The summed E-state index contributed by atoms with van der Waals surface area (Å²) in [5.41, 5.74) is 4.78. The number of rotatable bonds is 11. The van der Waals surface area contributed by atoms with E-state index in [0.717, 1.165) is 31.0 Å². The highest BCUT2D eigenvalue weighted by atomic mass is 127. The van der Waals surface area contributed by atoms with Crippen molar-refractivity contribution in [3.8, 4) is 0 Å². The van der Waals surface area contributed by atoms with E-state index in [-0.39, 0.29) is 35.4 Å². The van der Waals surface area contributed by atoms with Gasteiger partial charge in [-0.15, -0.1) is 24.0 Å². The maximum atomic E-state index is 12.2. The molecule has 2 aromatic carbocycles. The van der Waals surface area contributed by atoms with Crippen molar-refractivity contribution in [2.24, 2.45) is 4.99 Å². The summed E-state index contributed by atoms with van der Waals surface area (Å²) >= 11 is 0. The summed E-state index contributed by atoms with van der Waals surface area (Å²) in [5, 5.41) is 6.61. The molecule has 0 heterocycles. The number of aliphatic imine (C=N–C) groups is 1. The van der Waals surface area contributed by atoms with Crippen LogP contribution in [0.3, 0.4) is 0 Å². The molecule has 2 rings (SSSR count). The van der Waals surface area contributed by atoms with E-state index < -0.39 is 10.0 Å². The number of aryl methyl sites for hydroxylation is 2. The van der Waals surface area contributed by atoms with E-state index in [4.69, 9.17) is 4.74 Å². The van der Waals surface area contributed by atoms with Gasteiger partial charge < -0.3 is 15.4 Å². The highest BCUT2D eigenvalue weighted by Crippen LogP contribution is 2.11. The first-order chi connectivity index (χ1) is 14.8. The molecule has 0 amide bonds. The fourth-order valence-electron chi connectivity index (χ4n) is 3.19. The van der Waals surface area contributed by atoms with Crippen LogP contribution in [-0.2, 0) is 27.7 Å². The summed E-state index contributed by atoms with van der Waals surface area (Å²) in [6.07, 6.45) is 0.912. The first-order valence-corrected chi connectivity index (χ1v) is 12.0. The molecule has 0 aliphatic rings. The quantitative estimate of drug-likeness (QED) is 0.166. The Morgan fingerprint density at radius 2 is 1.62 bits per heavy atom. The Balaban J connectivity index is 0.00000512. The number of sulfonamides is 1. The van der Waals surface area contributed by atoms with Gasteiger partial charge in [-0.1, -0.05) is 41.5 Å². The molecule has 2 aromatic rings. The third-order valence-electron chi connectivity index (χ3n) is 4.58. The van der Waals surface area contributed by atoms with Crippen LogP contribution in [0.25, 0.3) is 0 Å². The minimum Gasteiger partial charge on any atom is -0.383 e. The second-order valence-electron chi connectivity index (χ2n) is 7.40. The van der Waals surface area contributed by atoms with Crippen LogP contribution in [0.2, 0.25) is 0 Å². The van der Waals surface area contributed by atoms with Crippen molar-refractivity contribution in [2.75, 3.05) is 33.4 Å². The number of methoxy groups -OCH3 is 1. The zero-order valence-electron chi connectivity index (χ0n) is 19.3. The van der Waals surface area contributed by atoms with Gasteiger partial charge in [0.25, 0.3) is 0 Å². The maximum Gasteiger partial charge on any atom is 0.240 e. The molecule has 0 aliphatic heterocycles. The van der Waals surface area contributed by atoms with Crippen LogP contribution in [0.1, 0.15) is 29.2 Å². The lowest BCUT2D eigenvalue weighted by atomic mass is 10.1. The van der Waals surface area contributed by atoms with Gasteiger partial charge in [-0.2, -0.15) is 0 Å². The summed E-state index contributed by atoms with van der Waals surface area (Å²) in [4.78, 5) is 4.85. The Bertz CT molecular complexity index is 943. The molecule has 0 aromatic heterocycles. The van der Waals surface area contributed by atoms with Crippen LogP contribution in [0.15, 0.2) is 52.4 Å². The second-order valence-corrected chi connectivity index (χ2v) is 9.17. The van der Waals surface area contributed by atoms with Crippen LogP contribution in [0, 0.1) is 13.8 Å². The third kappa shape index (κ3) is 9.85. The molecule has 0 saturated carbocycles. The van der Waals surface area contributed by atoms with Crippen LogP contribution in [0.4, 0.5) is 0 Å². The average molecular weight is 575 g/mol. The number of ether oxygens (including phenoxy) is 1. The van der Waals surface area contributed by atoms with Crippen molar-refractivity contribution < 1.29 is 13.2 Å². The van der Waals surface area contributed by atoms with E-state index in [1.165, 1.54) is 23.8 Å². The lowest BCUT2D eigenvalue weighted by Crippen LogP contribution is -2.38. The van der Waals surface area contributed by atoms with Gasteiger partial charge in [0.1, 0.15) is 0 Å². The molecule has 9 heteroatoms. The normalized spacial score (nSPS) is 11.7. The van der Waals surface area contributed by atoms with Gasteiger partial charge in [0.05, 0.1) is 18.0 Å². The minimum atomic E-state index is -3.52. The van der Waals surface area contributed by atoms with Crippen molar-refractivity contribution in [2.45, 2.75) is 38.6 Å². The number of guanidine groups is 1. The molecule has 3 N–H and O–H groups in total. The number of halogens is 1. The van der Waals surface area contributed by atoms with Crippen molar-refractivity contribution in [3.05, 3.63) is 64.7 Å². The largest absolute Gasteiger partial charge is 0.383 e. The Kier molecular flexibility index (Phi) is 12.8. The lowest BCUT2D eigenvalue weighted by molar-refractivity contribution is 0.204. The minimum absolute atomic E-state index is 0. The third-order valence-corrected chi connectivity index (χ3v) is 6.06. The molecule has 0 atom stereocenters. The zero-order valence-corrected chi connectivity index (χ0v) is 22.4. The second kappa shape index (κ2) is 14.5.